The van der Waals surface area contributed by atoms with E-state index in [9.17, 15) is 18.0 Å². The minimum atomic E-state index is -4.01. The lowest BCUT2D eigenvalue weighted by atomic mass is 10.0. The summed E-state index contributed by atoms with van der Waals surface area (Å²) in [5.74, 6) is -0.425. The maximum atomic E-state index is 13.4. The average Bonchev–Trinajstić information content (AvgIpc) is 3.30. The fraction of sp³-hybridized carbons (Fsp3) is 0.286. The van der Waals surface area contributed by atoms with Gasteiger partial charge in [0.1, 0.15) is 6.04 Å². The van der Waals surface area contributed by atoms with Crippen LogP contribution in [-0.4, -0.2) is 32.8 Å². The van der Waals surface area contributed by atoms with Gasteiger partial charge in [-0.15, -0.1) is 0 Å². The van der Waals surface area contributed by atoms with E-state index in [4.69, 9.17) is 0 Å². The predicted octanol–water partition coefficient (Wildman–Crippen LogP) is 4.13. The molecule has 188 valence electrons. The zero-order chi connectivity index (χ0) is 25.9. The summed E-state index contributed by atoms with van der Waals surface area (Å²) in [6.07, 6.45) is 1.17. The summed E-state index contributed by atoms with van der Waals surface area (Å²) in [6.45, 7) is 6.21. The monoisotopic (exact) mass is 505 g/mol. The molecule has 1 heterocycles. The van der Waals surface area contributed by atoms with Crippen LogP contribution in [-0.2, 0) is 32.5 Å². The molecule has 0 aromatic heterocycles. The van der Waals surface area contributed by atoms with Gasteiger partial charge in [0.25, 0.3) is 0 Å². The summed E-state index contributed by atoms with van der Waals surface area (Å²) in [7, 11) is -4.01. The summed E-state index contributed by atoms with van der Waals surface area (Å²) in [4.78, 5) is 27.3. The number of carbonyl (C=O) groups is 2. The van der Waals surface area contributed by atoms with Gasteiger partial charge in [-0.25, -0.2) is 8.42 Å². The van der Waals surface area contributed by atoms with Gasteiger partial charge in [-0.3, -0.25) is 9.59 Å². The molecule has 1 aliphatic rings. The Labute approximate surface area is 212 Å². The van der Waals surface area contributed by atoms with Crippen molar-refractivity contribution < 1.29 is 18.0 Å². The normalized spacial score (nSPS) is 13.8. The summed E-state index contributed by atoms with van der Waals surface area (Å²) < 4.78 is 29.4. The topological polar surface area (TPSA) is 95.6 Å². The Morgan fingerprint density at radius 1 is 1.00 bits per heavy atom. The molecule has 2 amide bonds. The molecule has 0 spiro atoms. The van der Waals surface area contributed by atoms with E-state index in [0.29, 0.717) is 25.1 Å². The number of benzene rings is 3. The van der Waals surface area contributed by atoms with Crippen LogP contribution in [0.15, 0.2) is 71.6 Å². The number of carbonyl (C=O) groups excluding carboxylic acids is 2. The Hall–Kier alpha value is -3.49. The van der Waals surface area contributed by atoms with Gasteiger partial charge in [-0.2, -0.15) is 4.72 Å². The molecule has 7 nitrogen and oxygen atoms in total. The molecule has 1 aliphatic heterocycles. The first-order chi connectivity index (χ1) is 17.2. The van der Waals surface area contributed by atoms with Crippen LogP contribution in [0.1, 0.15) is 35.6 Å². The van der Waals surface area contributed by atoms with Gasteiger partial charge in [0, 0.05) is 24.3 Å². The molecular formula is C28H31N3O4S. The maximum absolute atomic E-state index is 13.4. The third-order valence-electron chi connectivity index (χ3n) is 6.62. The van der Waals surface area contributed by atoms with Crippen molar-refractivity contribution >= 4 is 33.2 Å². The molecule has 0 aliphatic carbocycles. The van der Waals surface area contributed by atoms with E-state index >= 15 is 0 Å². The maximum Gasteiger partial charge on any atom is 0.242 e. The SMILES string of the molecule is CCC(=O)N1CCc2cc(S(=O)(=O)N[C@H](Cc3ccccc3)C(=O)Nc3cccc(C)c3C)ccc21. The van der Waals surface area contributed by atoms with Gasteiger partial charge >= 0.3 is 0 Å². The first-order valence-corrected chi connectivity index (χ1v) is 13.5. The van der Waals surface area contributed by atoms with Gasteiger partial charge in [0.05, 0.1) is 4.90 Å². The van der Waals surface area contributed by atoms with E-state index < -0.39 is 22.0 Å². The molecule has 0 fully saturated rings. The van der Waals surface area contributed by atoms with Gasteiger partial charge < -0.3 is 10.2 Å². The highest BCUT2D eigenvalue weighted by Gasteiger charge is 2.29. The van der Waals surface area contributed by atoms with Crippen LogP contribution in [0.3, 0.4) is 0 Å². The highest BCUT2D eigenvalue weighted by Crippen LogP contribution is 2.31. The molecule has 3 aromatic carbocycles. The Morgan fingerprint density at radius 3 is 2.47 bits per heavy atom. The average molecular weight is 506 g/mol. The van der Waals surface area contributed by atoms with Crippen LogP contribution < -0.4 is 14.9 Å². The van der Waals surface area contributed by atoms with Crippen molar-refractivity contribution in [3.63, 3.8) is 0 Å². The van der Waals surface area contributed by atoms with Gasteiger partial charge in [-0.1, -0.05) is 49.4 Å². The van der Waals surface area contributed by atoms with Crippen LogP contribution in [0.2, 0.25) is 0 Å². The molecular weight excluding hydrogens is 474 g/mol. The summed E-state index contributed by atoms with van der Waals surface area (Å²) in [5.41, 5.74) is 4.99. The smallest absolute Gasteiger partial charge is 0.242 e. The largest absolute Gasteiger partial charge is 0.324 e. The third-order valence-corrected chi connectivity index (χ3v) is 8.09. The second-order valence-electron chi connectivity index (χ2n) is 9.04. The lowest BCUT2D eigenvalue weighted by molar-refractivity contribution is -0.118. The van der Waals surface area contributed by atoms with Gasteiger partial charge in [-0.05, 0) is 73.2 Å². The molecule has 0 radical (unpaired) electrons. The van der Waals surface area contributed by atoms with Crippen LogP contribution in [0, 0.1) is 13.8 Å². The van der Waals surface area contributed by atoms with Crippen molar-refractivity contribution in [2.45, 2.75) is 51.0 Å². The number of aryl methyl sites for hydroxylation is 1. The highest BCUT2D eigenvalue weighted by molar-refractivity contribution is 7.89. The van der Waals surface area contributed by atoms with E-state index in [1.54, 1.807) is 30.0 Å². The Balaban J connectivity index is 1.61. The predicted molar refractivity (Wildman–Crippen MR) is 142 cm³/mol. The first-order valence-electron chi connectivity index (χ1n) is 12.1. The van der Waals surface area contributed by atoms with Crippen LogP contribution in [0.25, 0.3) is 0 Å². The van der Waals surface area contributed by atoms with Crippen molar-refractivity contribution in [1.82, 2.24) is 4.72 Å². The lowest BCUT2D eigenvalue weighted by Crippen LogP contribution is -2.45. The molecule has 0 bridgehead atoms. The number of sulfonamides is 1. The van der Waals surface area contributed by atoms with Crippen LogP contribution in [0.5, 0.6) is 0 Å². The number of anilines is 2. The number of fused-ring (bicyclic) bond motifs is 1. The van der Waals surface area contributed by atoms with E-state index in [0.717, 1.165) is 27.9 Å². The van der Waals surface area contributed by atoms with Crippen molar-refractivity contribution in [3.05, 3.63) is 89.0 Å². The van der Waals surface area contributed by atoms with Crippen molar-refractivity contribution in [3.8, 4) is 0 Å². The fourth-order valence-corrected chi connectivity index (χ4v) is 5.64. The Kier molecular flexibility index (Phi) is 7.56. The second-order valence-corrected chi connectivity index (χ2v) is 10.8. The first kappa shape index (κ1) is 25.6. The van der Waals surface area contributed by atoms with E-state index in [-0.39, 0.29) is 17.2 Å². The summed E-state index contributed by atoms with van der Waals surface area (Å²) in [5, 5.41) is 2.90. The number of amides is 2. The van der Waals surface area contributed by atoms with Crippen molar-refractivity contribution in [2.75, 3.05) is 16.8 Å². The molecule has 1 atom stereocenters. The standard InChI is InChI=1S/C28H31N3O4S/c1-4-27(32)31-16-15-22-18-23(13-14-26(22)31)36(34,35)30-25(17-21-10-6-5-7-11-21)28(33)29-24-12-8-9-19(2)20(24)3/h5-14,18,25,30H,4,15-17H2,1-3H3,(H,29,33)/t25-/m1/s1. The minimum absolute atomic E-state index is 0.00789. The quantitative estimate of drug-likeness (QED) is 0.481. The van der Waals surface area contributed by atoms with E-state index in [2.05, 4.69) is 10.0 Å². The third kappa shape index (κ3) is 5.50. The molecule has 36 heavy (non-hydrogen) atoms. The summed E-state index contributed by atoms with van der Waals surface area (Å²) in [6, 6.07) is 18.7. The number of rotatable bonds is 8. The fourth-order valence-electron chi connectivity index (χ4n) is 4.39. The lowest BCUT2D eigenvalue weighted by Gasteiger charge is -2.20. The zero-order valence-corrected chi connectivity index (χ0v) is 21.6. The number of hydrogen-bond donors (Lipinski definition) is 2. The molecule has 3 aromatic rings. The second kappa shape index (κ2) is 10.6. The molecule has 0 unspecified atom stereocenters. The number of nitrogens with zero attached hydrogens (tertiary/aromatic N) is 1. The number of nitrogens with one attached hydrogen (secondary N) is 2. The van der Waals surface area contributed by atoms with Crippen LogP contribution >= 0.6 is 0 Å². The Morgan fingerprint density at radius 2 is 1.75 bits per heavy atom. The molecule has 8 heteroatoms. The van der Waals surface area contributed by atoms with E-state index in [1.165, 1.54) is 6.07 Å². The molecule has 0 saturated carbocycles. The van der Waals surface area contributed by atoms with Crippen LogP contribution in [0.4, 0.5) is 11.4 Å². The molecule has 2 N–H and O–H groups in total. The van der Waals surface area contributed by atoms with Crippen molar-refractivity contribution in [2.24, 2.45) is 0 Å². The zero-order valence-electron chi connectivity index (χ0n) is 20.7. The Bertz CT molecular complexity index is 1390. The van der Waals surface area contributed by atoms with Gasteiger partial charge in [0.2, 0.25) is 21.8 Å². The highest BCUT2D eigenvalue weighted by atomic mass is 32.2. The summed E-state index contributed by atoms with van der Waals surface area (Å²) >= 11 is 0. The van der Waals surface area contributed by atoms with E-state index in [1.807, 2.05) is 56.3 Å². The van der Waals surface area contributed by atoms with Crippen molar-refractivity contribution in [1.29, 1.82) is 0 Å². The minimum Gasteiger partial charge on any atom is -0.324 e. The number of hydrogen-bond acceptors (Lipinski definition) is 4. The van der Waals surface area contributed by atoms with Gasteiger partial charge in [0.15, 0.2) is 0 Å². The molecule has 0 saturated heterocycles. The molecule has 4 rings (SSSR count).